The molecule has 0 spiro atoms. The zero-order valence-electron chi connectivity index (χ0n) is 12.6. The van der Waals surface area contributed by atoms with Gasteiger partial charge >= 0.3 is 5.97 Å². The largest absolute Gasteiger partial charge is 0.481 e. The molecule has 0 bridgehead atoms. The van der Waals surface area contributed by atoms with E-state index in [1.54, 1.807) is 18.7 Å². The predicted octanol–water partition coefficient (Wildman–Crippen LogP) is 1.87. The molecule has 1 amide bonds. The minimum atomic E-state index is -1.09. The number of carbonyl (C=O) groups excluding carboxylic acids is 1. The van der Waals surface area contributed by atoms with E-state index in [2.05, 4.69) is 0 Å². The maximum Gasteiger partial charge on any atom is 0.308 e. The van der Waals surface area contributed by atoms with Gasteiger partial charge in [0.05, 0.1) is 5.92 Å². The quantitative estimate of drug-likeness (QED) is 0.919. The molecule has 21 heavy (non-hydrogen) atoms. The van der Waals surface area contributed by atoms with Gasteiger partial charge in [0.15, 0.2) is 5.60 Å². The lowest BCUT2D eigenvalue weighted by Crippen LogP contribution is -2.48. The summed E-state index contributed by atoms with van der Waals surface area (Å²) in [4.78, 5) is 25.7. The molecule has 1 N–H and O–H groups in total. The van der Waals surface area contributed by atoms with Crippen molar-refractivity contribution in [3.05, 3.63) is 35.9 Å². The van der Waals surface area contributed by atoms with E-state index in [4.69, 9.17) is 4.74 Å². The van der Waals surface area contributed by atoms with Gasteiger partial charge in [-0.05, 0) is 25.8 Å². The van der Waals surface area contributed by atoms with Crippen molar-refractivity contribution in [3.63, 3.8) is 0 Å². The van der Waals surface area contributed by atoms with E-state index in [0.717, 1.165) is 5.56 Å². The van der Waals surface area contributed by atoms with Gasteiger partial charge in [-0.1, -0.05) is 30.3 Å². The summed E-state index contributed by atoms with van der Waals surface area (Å²) in [7, 11) is 1.50. The molecule has 5 heteroatoms. The number of likely N-dealkylation sites (tertiary alicyclic amines) is 1. The van der Waals surface area contributed by atoms with E-state index < -0.39 is 17.5 Å². The highest BCUT2D eigenvalue weighted by Crippen LogP contribution is 2.32. The molecule has 1 aromatic rings. The number of benzene rings is 1. The lowest BCUT2D eigenvalue weighted by Gasteiger charge is -2.34. The van der Waals surface area contributed by atoms with Crippen LogP contribution in [0.3, 0.4) is 0 Å². The zero-order chi connectivity index (χ0) is 15.6. The summed E-state index contributed by atoms with van der Waals surface area (Å²) in [6.07, 6.45) is 0.483. The first-order valence-electron chi connectivity index (χ1n) is 7.06. The number of aliphatic carboxylic acids is 1. The predicted molar refractivity (Wildman–Crippen MR) is 77.7 cm³/mol. The molecule has 0 aliphatic carbocycles. The highest BCUT2D eigenvalue weighted by Gasteiger charge is 2.45. The number of hydrogen-bond acceptors (Lipinski definition) is 3. The van der Waals surface area contributed by atoms with Crippen LogP contribution < -0.4 is 0 Å². The molecule has 3 unspecified atom stereocenters. The van der Waals surface area contributed by atoms with E-state index >= 15 is 0 Å². The maximum absolute atomic E-state index is 12.9. The Bertz CT molecular complexity index is 530. The smallest absolute Gasteiger partial charge is 0.308 e. The number of methoxy groups -OCH3 is 1. The Morgan fingerprint density at radius 3 is 2.43 bits per heavy atom. The van der Waals surface area contributed by atoms with Crippen LogP contribution in [0, 0.1) is 5.92 Å². The molecular weight excluding hydrogens is 270 g/mol. The number of carboxylic acid groups (broad SMARTS) is 1. The van der Waals surface area contributed by atoms with Crippen molar-refractivity contribution < 1.29 is 19.4 Å². The number of rotatable bonds is 4. The molecule has 2 rings (SSSR count). The van der Waals surface area contributed by atoms with Crippen molar-refractivity contribution in [1.29, 1.82) is 0 Å². The van der Waals surface area contributed by atoms with Gasteiger partial charge in [-0.25, -0.2) is 0 Å². The topological polar surface area (TPSA) is 66.8 Å². The fourth-order valence-electron chi connectivity index (χ4n) is 2.92. The number of ether oxygens (including phenoxy) is 1. The third-order valence-corrected chi connectivity index (χ3v) is 4.47. The van der Waals surface area contributed by atoms with E-state index in [-0.39, 0.29) is 11.9 Å². The Hall–Kier alpha value is -1.88. The number of amides is 1. The highest BCUT2D eigenvalue weighted by molar-refractivity contribution is 5.87. The molecule has 0 radical (unpaired) electrons. The number of nitrogens with zero attached hydrogens (tertiary/aromatic N) is 1. The van der Waals surface area contributed by atoms with Gasteiger partial charge in [0.25, 0.3) is 5.91 Å². The summed E-state index contributed by atoms with van der Waals surface area (Å²) in [5, 5.41) is 9.19. The summed E-state index contributed by atoms with van der Waals surface area (Å²) in [6, 6.07) is 8.95. The number of carboxylic acids is 1. The van der Waals surface area contributed by atoms with Crippen molar-refractivity contribution in [1.82, 2.24) is 4.90 Å². The van der Waals surface area contributed by atoms with Crippen molar-refractivity contribution >= 4 is 11.9 Å². The van der Waals surface area contributed by atoms with Gasteiger partial charge in [-0.2, -0.15) is 0 Å². The average Bonchev–Trinajstić information content (AvgIpc) is 2.88. The summed E-state index contributed by atoms with van der Waals surface area (Å²) in [5.41, 5.74) is -0.327. The molecule has 3 atom stereocenters. The average molecular weight is 291 g/mol. The Labute approximate surface area is 124 Å². The van der Waals surface area contributed by atoms with Crippen molar-refractivity contribution in [2.75, 3.05) is 13.7 Å². The van der Waals surface area contributed by atoms with E-state index in [1.165, 1.54) is 7.11 Å². The molecule has 114 valence electrons. The molecule has 1 aromatic carbocycles. The lowest BCUT2D eigenvalue weighted by atomic mass is 9.93. The Kier molecular flexibility index (Phi) is 4.32. The van der Waals surface area contributed by atoms with Crippen LogP contribution in [0.4, 0.5) is 0 Å². The third-order valence-electron chi connectivity index (χ3n) is 4.47. The van der Waals surface area contributed by atoms with Crippen LogP contribution in [0.1, 0.15) is 25.8 Å². The normalized spacial score (nSPS) is 24.6. The van der Waals surface area contributed by atoms with Crippen LogP contribution in [-0.2, 0) is 19.9 Å². The second-order valence-electron chi connectivity index (χ2n) is 5.58. The minimum Gasteiger partial charge on any atom is -0.481 e. The molecule has 1 aliphatic rings. The SMILES string of the molecule is COC(C)(C(=O)N1CCC(C(=O)O)C1C)c1ccccc1. The number of hydrogen-bond donors (Lipinski definition) is 1. The van der Waals surface area contributed by atoms with E-state index in [1.807, 2.05) is 30.3 Å². The first-order chi connectivity index (χ1) is 9.91. The van der Waals surface area contributed by atoms with Crippen LogP contribution in [0.2, 0.25) is 0 Å². The molecule has 0 aromatic heterocycles. The lowest BCUT2D eigenvalue weighted by molar-refractivity contribution is -0.156. The first-order valence-corrected chi connectivity index (χ1v) is 7.06. The number of carbonyl (C=O) groups is 2. The Balaban J connectivity index is 2.28. The molecular formula is C16H21NO4. The van der Waals surface area contributed by atoms with Crippen molar-refractivity contribution in [2.24, 2.45) is 5.92 Å². The van der Waals surface area contributed by atoms with Gasteiger partial charge < -0.3 is 14.7 Å². The standard InChI is InChI=1S/C16H21NO4/c1-11-13(14(18)19)9-10-17(11)15(20)16(2,21-3)12-7-5-4-6-8-12/h4-8,11,13H,9-10H2,1-3H3,(H,18,19). The van der Waals surface area contributed by atoms with Crippen LogP contribution in [-0.4, -0.2) is 41.6 Å². The second kappa shape index (κ2) is 5.85. The van der Waals surface area contributed by atoms with E-state index in [0.29, 0.717) is 13.0 Å². The highest BCUT2D eigenvalue weighted by atomic mass is 16.5. The fourth-order valence-corrected chi connectivity index (χ4v) is 2.92. The first kappa shape index (κ1) is 15.5. The Morgan fingerprint density at radius 1 is 1.33 bits per heavy atom. The monoisotopic (exact) mass is 291 g/mol. The van der Waals surface area contributed by atoms with Crippen molar-refractivity contribution in [3.8, 4) is 0 Å². The van der Waals surface area contributed by atoms with Crippen LogP contribution in [0.5, 0.6) is 0 Å². The third kappa shape index (κ3) is 2.65. The van der Waals surface area contributed by atoms with Crippen LogP contribution in [0.15, 0.2) is 30.3 Å². The van der Waals surface area contributed by atoms with Gasteiger partial charge in [-0.15, -0.1) is 0 Å². The zero-order valence-corrected chi connectivity index (χ0v) is 12.6. The maximum atomic E-state index is 12.9. The van der Waals surface area contributed by atoms with Crippen LogP contribution >= 0.6 is 0 Å². The van der Waals surface area contributed by atoms with Gasteiger partial charge in [-0.3, -0.25) is 9.59 Å². The second-order valence-corrected chi connectivity index (χ2v) is 5.58. The van der Waals surface area contributed by atoms with Crippen LogP contribution in [0.25, 0.3) is 0 Å². The van der Waals surface area contributed by atoms with Gasteiger partial charge in [0.1, 0.15) is 0 Å². The summed E-state index contributed by atoms with van der Waals surface area (Å²) >= 11 is 0. The molecule has 5 nitrogen and oxygen atoms in total. The summed E-state index contributed by atoms with van der Waals surface area (Å²) in [6.45, 7) is 3.96. The van der Waals surface area contributed by atoms with E-state index in [9.17, 15) is 14.7 Å². The molecule has 1 heterocycles. The van der Waals surface area contributed by atoms with Crippen molar-refractivity contribution in [2.45, 2.75) is 31.9 Å². The molecule has 1 aliphatic heterocycles. The summed E-state index contributed by atoms with van der Waals surface area (Å²) in [5.74, 6) is -1.55. The van der Waals surface area contributed by atoms with Gasteiger partial charge in [0.2, 0.25) is 0 Å². The fraction of sp³-hybridized carbons (Fsp3) is 0.500. The molecule has 1 saturated heterocycles. The minimum absolute atomic E-state index is 0.188. The van der Waals surface area contributed by atoms with Gasteiger partial charge in [0, 0.05) is 19.7 Å². The molecule has 0 saturated carbocycles. The molecule has 1 fully saturated rings. The Morgan fingerprint density at radius 2 is 1.95 bits per heavy atom. The summed E-state index contributed by atoms with van der Waals surface area (Å²) < 4.78 is 5.50.